The van der Waals surface area contributed by atoms with Crippen molar-refractivity contribution >= 4 is 38.9 Å². The van der Waals surface area contributed by atoms with Gasteiger partial charge in [0, 0.05) is 39.0 Å². The number of anilines is 3. The Kier molecular flexibility index (Phi) is 8.02. The number of para-hydroxylation sites is 2. The summed E-state index contributed by atoms with van der Waals surface area (Å²) in [4.78, 5) is 2.44. The first-order valence-electron chi connectivity index (χ1n) is 24.0. The van der Waals surface area contributed by atoms with E-state index in [2.05, 4.69) is 264 Å². The molecule has 0 saturated carbocycles. The maximum atomic E-state index is 2.49. The van der Waals surface area contributed by atoms with Gasteiger partial charge in [-0.25, -0.2) is 0 Å². The van der Waals surface area contributed by atoms with Gasteiger partial charge in [0.25, 0.3) is 0 Å². The molecular weight excluding hydrogens is 833 g/mol. The van der Waals surface area contributed by atoms with Gasteiger partial charge >= 0.3 is 0 Å². The molecule has 0 atom stereocenters. The molecule has 320 valence electrons. The van der Waals surface area contributed by atoms with Gasteiger partial charge in [0.05, 0.1) is 22.1 Å². The van der Waals surface area contributed by atoms with Gasteiger partial charge in [-0.05, 0) is 139 Å². The van der Waals surface area contributed by atoms with Gasteiger partial charge in [-0.15, -0.1) is 0 Å². The zero-order chi connectivity index (χ0) is 45.2. The van der Waals surface area contributed by atoms with Crippen LogP contribution >= 0.6 is 0 Å². The number of hydrogen-bond donors (Lipinski definition) is 0. The molecule has 15 rings (SSSR count). The first kappa shape index (κ1) is 38.2. The van der Waals surface area contributed by atoms with Crippen molar-refractivity contribution < 1.29 is 0 Å². The zero-order valence-electron chi connectivity index (χ0n) is 37.6. The largest absolute Gasteiger partial charge is 0.310 e. The van der Waals surface area contributed by atoms with Crippen LogP contribution in [0.5, 0.6) is 0 Å². The second-order valence-corrected chi connectivity index (χ2v) is 18.7. The van der Waals surface area contributed by atoms with Gasteiger partial charge in [-0.3, -0.25) is 0 Å². The van der Waals surface area contributed by atoms with Crippen molar-refractivity contribution in [1.82, 2.24) is 4.57 Å². The third-order valence-electron chi connectivity index (χ3n) is 15.4. The minimum Gasteiger partial charge on any atom is -0.310 e. The van der Waals surface area contributed by atoms with E-state index in [4.69, 9.17) is 0 Å². The molecule has 0 unspecified atom stereocenters. The Balaban J connectivity index is 0.919. The second-order valence-electron chi connectivity index (χ2n) is 18.7. The van der Waals surface area contributed by atoms with Crippen LogP contribution in [-0.4, -0.2) is 4.57 Å². The molecule has 2 heterocycles. The third kappa shape index (κ3) is 5.31. The molecule has 2 aliphatic carbocycles. The molecule has 0 N–H and O–H groups in total. The summed E-state index contributed by atoms with van der Waals surface area (Å²) in [6.45, 7) is 0. The number of nitrogens with zero attached hydrogens (tertiary/aromatic N) is 2. The van der Waals surface area contributed by atoms with Gasteiger partial charge < -0.3 is 9.47 Å². The monoisotopic (exact) mass is 874 g/mol. The lowest BCUT2D eigenvalue weighted by Crippen LogP contribution is -2.26. The minimum atomic E-state index is -0.442. The van der Waals surface area contributed by atoms with Crippen molar-refractivity contribution in [3.05, 3.63) is 277 Å². The van der Waals surface area contributed by atoms with E-state index >= 15 is 0 Å². The van der Waals surface area contributed by atoms with Crippen LogP contribution in [0, 0.1) is 0 Å². The highest BCUT2D eigenvalue weighted by Crippen LogP contribution is 2.63. The van der Waals surface area contributed by atoms with E-state index in [0.717, 1.165) is 17.1 Å². The van der Waals surface area contributed by atoms with Gasteiger partial charge in [0.1, 0.15) is 0 Å². The maximum Gasteiger partial charge on any atom is 0.0726 e. The van der Waals surface area contributed by atoms with Crippen LogP contribution in [0.4, 0.5) is 17.1 Å². The first-order valence-corrected chi connectivity index (χ1v) is 24.0. The van der Waals surface area contributed by atoms with Crippen molar-refractivity contribution in [2.75, 3.05) is 4.90 Å². The first-order chi connectivity index (χ1) is 34.2. The van der Waals surface area contributed by atoms with E-state index in [-0.39, 0.29) is 0 Å². The highest BCUT2D eigenvalue weighted by molar-refractivity contribution is 6.17. The smallest absolute Gasteiger partial charge is 0.0726 e. The Labute approximate surface area is 401 Å². The van der Waals surface area contributed by atoms with Gasteiger partial charge in [-0.2, -0.15) is 0 Å². The lowest BCUT2D eigenvalue weighted by Gasteiger charge is -2.32. The predicted molar refractivity (Wildman–Crippen MR) is 287 cm³/mol. The molecular formula is C67H42N2. The molecule has 1 aromatic heterocycles. The molecule has 69 heavy (non-hydrogen) atoms. The molecule has 1 aliphatic heterocycles. The molecule has 3 aliphatic rings. The van der Waals surface area contributed by atoms with Crippen LogP contribution in [0.1, 0.15) is 22.3 Å². The number of benzene rings is 11. The molecule has 2 heteroatoms. The molecule has 11 aromatic carbocycles. The number of aromatic nitrogens is 1. The quantitative estimate of drug-likeness (QED) is 0.167. The van der Waals surface area contributed by atoms with Crippen molar-refractivity contribution in [3.8, 4) is 72.4 Å². The van der Waals surface area contributed by atoms with Crippen molar-refractivity contribution in [1.29, 1.82) is 0 Å². The summed E-state index contributed by atoms with van der Waals surface area (Å²) in [6, 6.07) is 94.9. The summed E-state index contributed by atoms with van der Waals surface area (Å²) < 4.78 is 2.49. The van der Waals surface area contributed by atoms with Gasteiger partial charge in [0.15, 0.2) is 0 Å². The van der Waals surface area contributed by atoms with Crippen molar-refractivity contribution in [3.63, 3.8) is 0 Å². The average Bonchev–Trinajstić information content (AvgIpc) is 4.00. The fourth-order valence-electron chi connectivity index (χ4n) is 12.5. The van der Waals surface area contributed by atoms with Crippen molar-refractivity contribution in [2.24, 2.45) is 0 Å². The summed E-state index contributed by atoms with van der Waals surface area (Å²) in [5.41, 5.74) is 26.9. The van der Waals surface area contributed by atoms with Crippen LogP contribution in [0.15, 0.2) is 255 Å². The summed E-state index contributed by atoms with van der Waals surface area (Å²) >= 11 is 0. The van der Waals surface area contributed by atoms with Crippen molar-refractivity contribution in [2.45, 2.75) is 5.41 Å². The molecule has 12 aromatic rings. The Morgan fingerprint density at radius 3 is 1.38 bits per heavy atom. The lowest BCUT2D eigenvalue weighted by atomic mass is 9.70. The summed E-state index contributed by atoms with van der Waals surface area (Å²) in [7, 11) is 0. The summed E-state index contributed by atoms with van der Waals surface area (Å²) in [6.07, 6.45) is 0. The van der Waals surface area contributed by atoms with Crippen LogP contribution in [0.3, 0.4) is 0 Å². The molecule has 0 saturated heterocycles. The fourth-order valence-corrected chi connectivity index (χ4v) is 12.5. The fraction of sp³-hybridized carbons (Fsp3) is 0.0149. The Morgan fingerprint density at radius 2 is 0.739 bits per heavy atom. The number of fused-ring (bicyclic) bond motifs is 18. The van der Waals surface area contributed by atoms with Crippen LogP contribution < -0.4 is 4.90 Å². The van der Waals surface area contributed by atoms with E-state index in [1.807, 2.05) is 0 Å². The van der Waals surface area contributed by atoms with E-state index in [0.29, 0.717) is 0 Å². The van der Waals surface area contributed by atoms with E-state index < -0.39 is 5.41 Å². The van der Waals surface area contributed by atoms with Crippen LogP contribution in [0.25, 0.3) is 94.3 Å². The zero-order valence-corrected chi connectivity index (χ0v) is 37.6. The van der Waals surface area contributed by atoms with Gasteiger partial charge in [-0.1, -0.05) is 194 Å². The number of rotatable bonds is 5. The van der Waals surface area contributed by atoms with Crippen LogP contribution in [-0.2, 0) is 5.41 Å². The molecule has 2 nitrogen and oxygen atoms in total. The average molecular weight is 875 g/mol. The summed E-state index contributed by atoms with van der Waals surface area (Å²) in [5.74, 6) is 0. The lowest BCUT2D eigenvalue weighted by molar-refractivity contribution is 0.793. The number of hydrogen-bond acceptors (Lipinski definition) is 1. The maximum absolute atomic E-state index is 2.49. The molecule has 0 fully saturated rings. The molecule has 0 amide bonds. The Hall–Kier alpha value is -8.98. The topological polar surface area (TPSA) is 8.17 Å². The van der Waals surface area contributed by atoms with Gasteiger partial charge in [0.2, 0.25) is 0 Å². The standard InChI is InChI=1S/C67H42N2/c1-2-16-43(17-3-1)44-30-34-47(35-31-44)68(49-38-39-55-54-22-8-13-27-62(54)67(63(55)42-49)60-25-11-6-20-52(60)53-21-7-12-26-61(53)67)48-36-32-45(33-37-48)46-40-58-51-19-5-4-18-50(51)56-23-9-14-28-64(56)69-65-29-15-10-24-57(65)59(41-46)66(58)69/h1-42H. The predicted octanol–water partition coefficient (Wildman–Crippen LogP) is 17.6. The normalized spacial score (nSPS) is 13.0. The highest BCUT2D eigenvalue weighted by atomic mass is 15.1. The SMILES string of the molecule is c1ccc(-c2ccc(N(c3ccc(-c4cc5c6c(c4)c4ccccc4n6-c4ccccc4-c4ccccc4-5)cc3)c3ccc4c(c3)C3(c5ccccc5-c5ccccc53)c3ccccc3-4)cc2)cc1. The highest BCUT2D eigenvalue weighted by Gasteiger charge is 2.51. The van der Waals surface area contributed by atoms with E-state index in [1.165, 1.54) is 117 Å². The van der Waals surface area contributed by atoms with Crippen LogP contribution in [0.2, 0.25) is 0 Å². The molecule has 0 bridgehead atoms. The second kappa shape index (κ2) is 14.5. The van der Waals surface area contributed by atoms with E-state index in [9.17, 15) is 0 Å². The Bertz CT molecular complexity index is 4000. The molecule has 0 radical (unpaired) electrons. The molecule has 1 spiro atoms. The van der Waals surface area contributed by atoms with E-state index in [1.54, 1.807) is 0 Å². The third-order valence-corrected chi connectivity index (χ3v) is 15.4. The minimum absolute atomic E-state index is 0.442. The summed E-state index contributed by atoms with van der Waals surface area (Å²) in [5, 5.41) is 2.52. The Morgan fingerprint density at radius 1 is 0.275 bits per heavy atom.